The largest absolute Gasteiger partial charge is 0.479 e. The summed E-state index contributed by atoms with van der Waals surface area (Å²) >= 11 is 0. The molecule has 0 fully saturated rings. The standard InChI is InChI=1S/C14H20N2O4/c1-14(12(17)18,10-16(2)3)15-13(19)20-9-11-7-5-4-6-8-11/h4-8H,9-10H2,1-3H3,(H,15,19)(H,17,18). The van der Waals surface area contributed by atoms with Crippen LogP contribution in [0.15, 0.2) is 30.3 Å². The number of aliphatic carboxylic acids is 1. The lowest BCUT2D eigenvalue weighted by Crippen LogP contribution is -2.57. The minimum atomic E-state index is -1.39. The number of carboxylic acid groups (broad SMARTS) is 1. The molecule has 0 aliphatic carbocycles. The minimum absolute atomic E-state index is 0.102. The predicted molar refractivity (Wildman–Crippen MR) is 74.4 cm³/mol. The van der Waals surface area contributed by atoms with E-state index in [9.17, 15) is 14.7 Å². The highest BCUT2D eigenvalue weighted by Gasteiger charge is 2.36. The van der Waals surface area contributed by atoms with Gasteiger partial charge in [0.1, 0.15) is 6.61 Å². The van der Waals surface area contributed by atoms with Crippen LogP contribution in [0.5, 0.6) is 0 Å². The van der Waals surface area contributed by atoms with E-state index in [1.54, 1.807) is 19.0 Å². The Labute approximate surface area is 118 Å². The van der Waals surface area contributed by atoms with Gasteiger partial charge in [-0.05, 0) is 26.6 Å². The zero-order chi connectivity index (χ0) is 15.2. The summed E-state index contributed by atoms with van der Waals surface area (Å²) in [6.45, 7) is 1.71. The van der Waals surface area contributed by atoms with Crippen molar-refractivity contribution in [3.8, 4) is 0 Å². The van der Waals surface area contributed by atoms with Gasteiger partial charge in [0.05, 0.1) is 0 Å². The van der Waals surface area contributed by atoms with Crippen molar-refractivity contribution in [2.24, 2.45) is 0 Å². The molecule has 0 aliphatic heterocycles. The number of carbonyl (C=O) groups excluding carboxylic acids is 1. The number of hydrogen-bond donors (Lipinski definition) is 2. The van der Waals surface area contributed by atoms with E-state index in [4.69, 9.17) is 4.74 Å². The Hall–Kier alpha value is -2.08. The lowest BCUT2D eigenvalue weighted by atomic mass is 10.0. The van der Waals surface area contributed by atoms with Crippen molar-refractivity contribution in [3.05, 3.63) is 35.9 Å². The molecule has 20 heavy (non-hydrogen) atoms. The Morgan fingerprint density at radius 2 is 1.90 bits per heavy atom. The van der Waals surface area contributed by atoms with Crippen LogP contribution >= 0.6 is 0 Å². The van der Waals surface area contributed by atoms with E-state index < -0.39 is 17.6 Å². The van der Waals surface area contributed by atoms with E-state index >= 15 is 0 Å². The van der Waals surface area contributed by atoms with Crippen LogP contribution < -0.4 is 5.32 Å². The summed E-state index contributed by atoms with van der Waals surface area (Å²) in [5.74, 6) is -1.11. The monoisotopic (exact) mass is 280 g/mol. The first-order valence-corrected chi connectivity index (χ1v) is 6.20. The quantitative estimate of drug-likeness (QED) is 0.821. The van der Waals surface area contributed by atoms with Crippen LogP contribution in [0.25, 0.3) is 0 Å². The van der Waals surface area contributed by atoms with Crippen molar-refractivity contribution >= 4 is 12.1 Å². The second-order valence-electron chi connectivity index (χ2n) is 5.06. The lowest BCUT2D eigenvalue weighted by Gasteiger charge is -2.28. The van der Waals surface area contributed by atoms with E-state index in [-0.39, 0.29) is 13.2 Å². The molecule has 0 saturated heterocycles. The van der Waals surface area contributed by atoms with Gasteiger partial charge in [-0.25, -0.2) is 9.59 Å². The first kappa shape index (κ1) is 16.0. The Balaban J connectivity index is 2.56. The molecule has 1 rings (SSSR count). The van der Waals surface area contributed by atoms with Crippen molar-refractivity contribution in [1.29, 1.82) is 0 Å². The van der Waals surface area contributed by atoms with Gasteiger partial charge in [-0.15, -0.1) is 0 Å². The second kappa shape index (κ2) is 6.91. The van der Waals surface area contributed by atoms with Crippen LogP contribution in [0, 0.1) is 0 Å². The van der Waals surface area contributed by atoms with Crippen molar-refractivity contribution in [3.63, 3.8) is 0 Å². The molecular weight excluding hydrogens is 260 g/mol. The molecule has 1 atom stereocenters. The fourth-order valence-corrected chi connectivity index (χ4v) is 1.78. The van der Waals surface area contributed by atoms with Gasteiger partial charge in [0, 0.05) is 6.54 Å². The molecule has 0 aromatic heterocycles. The fourth-order valence-electron chi connectivity index (χ4n) is 1.78. The maximum absolute atomic E-state index is 11.7. The van der Waals surface area contributed by atoms with Crippen molar-refractivity contribution in [2.75, 3.05) is 20.6 Å². The summed E-state index contributed by atoms with van der Waals surface area (Å²) in [6, 6.07) is 9.18. The van der Waals surface area contributed by atoms with E-state index in [0.29, 0.717) is 0 Å². The number of benzene rings is 1. The summed E-state index contributed by atoms with van der Waals surface area (Å²) < 4.78 is 5.02. The van der Waals surface area contributed by atoms with Gasteiger partial charge < -0.3 is 20.1 Å². The van der Waals surface area contributed by atoms with E-state index in [1.165, 1.54) is 6.92 Å². The number of carboxylic acids is 1. The van der Waals surface area contributed by atoms with Crippen LogP contribution in [0.1, 0.15) is 12.5 Å². The number of ether oxygens (including phenoxy) is 1. The van der Waals surface area contributed by atoms with E-state index in [2.05, 4.69) is 5.32 Å². The molecule has 2 N–H and O–H groups in total. The average molecular weight is 280 g/mol. The van der Waals surface area contributed by atoms with E-state index in [0.717, 1.165) is 5.56 Å². The normalized spacial score (nSPS) is 13.6. The molecular formula is C14H20N2O4. The third-order valence-corrected chi connectivity index (χ3v) is 2.70. The van der Waals surface area contributed by atoms with E-state index in [1.807, 2.05) is 30.3 Å². The number of hydrogen-bond acceptors (Lipinski definition) is 4. The average Bonchev–Trinajstić information content (AvgIpc) is 2.36. The Kier molecular flexibility index (Phi) is 5.52. The number of amides is 1. The maximum Gasteiger partial charge on any atom is 0.408 e. The van der Waals surface area contributed by atoms with Crippen LogP contribution in [0.2, 0.25) is 0 Å². The number of carbonyl (C=O) groups is 2. The van der Waals surface area contributed by atoms with Gasteiger partial charge in [-0.1, -0.05) is 30.3 Å². The summed E-state index contributed by atoms with van der Waals surface area (Å²) in [5.41, 5.74) is -0.552. The Bertz CT molecular complexity index is 462. The Morgan fingerprint density at radius 1 is 1.30 bits per heavy atom. The zero-order valence-corrected chi connectivity index (χ0v) is 11.9. The number of rotatable bonds is 6. The minimum Gasteiger partial charge on any atom is -0.479 e. The SMILES string of the molecule is CN(C)CC(C)(NC(=O)OCc1ccccc1)C(=O)O. The van der Waals surface area contributed by atoms with Gasteiger partial charge >= 0.3 is 12.1 Å². The highest BCUT2D eigenvalue weighted by atomic mass is 16.5. The van der Waals surface area contributed by atoms with Gasteiger partial charge in [-0.2, -0.15) is 0 Å². The molecule has 6 nitrogen and oxygen atoms in total. The molecule has 6 heteroatoms. The maximum atomic E-state index is 11.7. The molecule has 0 aliphatic rings. The summed E-state index contributed by atoms with van der Waals surface area (Å²) in [5, 5.41) is 11.6. The number of nitrogens with one attached hydrogen (secondary N) is 1. The first-order valence-electron chi connectivity index (χ1n) is 6.20. The third-order valence-electron chi connectivity index (χ3n) is 2.70. The second-order valence-corrected chi connectivity index (χ2v) is 5.06. The molecule has 0 heterocycles. The zero-order valence-electron chi connectivity index (χ0n) is 11.9. The third kappa shape index (κ3) is 4.89. The molecule has 0 saturated carbocycles. The van der Waals surface area contributed by atoms with Crippen LogP contribution in [-0.4, -0.2) is 48.2 Å². The molecule has 0 radical (unpaired) electrons. The van der Waals surface area contributed by atoms with Crippen LogP contribution in [-0.2, 0) is 16.1 Å². The predicted octanol–water partition coefficient (Wildman–Crippen LogP) is 1.32. The van der Waals surface area contributed by atoms with Gasteiger partial charge in [0.15, 0.2) is 5.54 Å². The van der Waals surface area contributed by atoms with Gasteiger partial charge in [0.25, 0.3) is 0 Å². The number of alkyl carbamates (subject to hydrolysis) is 1. The highest BCUT2D eigenvalue weighted by molar-refractivity contribution is 5.84. The summed E-state index contributed by atoms with van der Waals surface area (Å²) in [6.07, 6.45) is -0.749. The van der Waals surface area contributed by atoms with Crippen molar-refractivity contribution in [2.45, 2.75) is 19.1 Å². The molecule has 0 spiro atoms. The Morgan fingerprint density at radius 3 is 2.40 bits per heavy atom. The fraction of sp³-hybridized carbons (Fsp3) is 0.429. The van der Waals surface area contributed by atoms with Crippen molar-refractivity contribution in [1.82, 2.24) is 10.2 Å². The molecule has 1 aromatic rings. The molecule has 1 unspecified atom stereocenters. The van der Waals surface area contributed by atoms with Gasteiger partial charge in [0.2, 0.25) is 0 Å². The molecule has 1 aromatic carbocycles. The summed E-state index contributed by atoms with van der Waals surface area (Å²) in [4.78, 5) is 24.7. The molecule has 0 bridgehead atoms. The lowest BCUT2D eigenvalue weighted by molar-refractivity contribution is -0.144. The number of likely N-dealkylation sites (N-methyl/N-ethyl adjacent to an activating group) is 1. The van der Waals surface area contributed by atoms with Crippen LogP contribution in [0.4, 0.5) is 4.79 Å². The topological polar surface area (TPSA) is 78.9 Å². The van der Waals surface area contributed by atoms with Crippen LogP contribution in [0.3, 0.4) is 0 Å². The first-order chi connectivity index (χ1) is 9.33. The molecule has 110 valence electrons. The highest BCUT2D eigenvalue weighted by Crippen LogP contribution is 2.07. The van der Waals surface area contributed by atoms with Crippen molar-refractivity contribution < 1.29 is 19.4 Å². The smallest absolute Gasteiger partial charge is 0.408 e. The van der Waals surface area contributed by atoms with Gasteiger partial charge in [-0.3, -0.25) is 0 Å². The number of nitrogens with zero attached hydrogens (tertiary/aromatic N) is 1. The molecule has 1 amide bonds. The summed E-state index contributed by atoms with van der Waals surface area (Å²) in [7, 11) is 3.47.